The minimum Gasteiger partial charge on any atom is -0.508 e. The first-order valence-corrected chi connectivity index (χ1v) is 8.89. The normalized spacial score (nSPS) is 12.5. The van der Waals surface area contributed by atoms with Crippen LogP contribution in [0.1, 0.15) is 52.9 Å². The zero-order valence-electron chi connectivity index (χ0n) is 16.2. The summed E-state index contributed by atoms with van der Waals surface area (Å²) in [6.45, 7) is 10.8. The van der Waals surface area contributed by atoms with Gasteiger partial charge in [0.25, 0.3) is 5.91 Å². The van der Waals surface area contributed by atoms with Gasteiger partial charge in [-0.1, -0.05) is 0 Å². The molecule has 0 spiro atoms. The fraction of sp³-hybridized carbons (Fsp3) is 0.400. The molecule has 0 aliphatic carbocycles. The lowest BCUT2D eigenvalue weighted by Gasteiger charge is -2.15. The molecule has 6 nitrogen and oxygen atoms in total. The Hall–Kier alpha value is -2.76. The largest absolute Gasteiger partial charge is 0.508 e. The molecule has 0 aliphatic heterocycles. The number of hydrogen-bond donors (Lipinski definition) is 2. The molecule has 3 rings (SSSR count). The lowest BCUT2D eigenvalue weighted by atomic mass is 10.0. The number of amides is 1. The maximum absolute atomic E-state index is 13.1. The Bertz CT molecular complexity index is 997. The van der Waals surface area contributed by atoms with E-state index >= 15 is 0 Å². The molecule has 0 saturated heterocycles. The standard InChI is InChI=1S/C20H26N4O2/c1-7-24-14(5)18(12(3)22-24)11(2)21-20(26)19-13(4)23(6)17-9-8-15(25)10-16(17)19/h8-11,25H,7H2,1-6H3,(H,21,26). The van der Waals surface area contributed by atoms with Gasteiger partial charge in [-0.05, 0) is 52.8 Å². The van der Waals surface area contributed by atoms with Crippen LogP contribution in [0.2, 0.25) is 0 Å². The Balaban J connectivity index is 1.99. The molecule has 2 aromatic heterocycles. The second kappa shape index (κ2) is 6.52. The second-order valence-corrected chi connectivity index (χ2v) is 6.82. The number of phenolic OH excluding ortho intramolecular Hbond substituents is 1. The summed E-state index contributed by atoms with van der Waals surface area (Å²) in [5.74, 6) is 0.00959. The van der Waals surface area contributed by atoms with Crippen molar-refractivity contribution in [2.75, 3.05) is 0 Å². The van der Waals surface area contributed by atoms with Gasteiger partial charge >= 0.3 is 0 Å². The Morgan fingerprint density at radius 3 is 2.58 bits per heavy atom. The number of nitrogens with one attached hydrogen (secondary N) is 1. The zero-order chi connectivity index (χ0) is 19.2. The first kappa shape index (κ1) is 18.0. The van der Waals surface area contributed by atoms with E-state index in [4.69, 9.17) is 0 Å². The number of carbonyl (C=O) groups is 1. The van der Waals surface area contributed by atoms with E-state index in [1.54, 1.807) is 12.1 Å². The molecule has 138 valence electrons. The van der Waals surface area contributed by atoms with Crippen LogP contribution in [0, 0.1) is 20.8 Å². The Kier molecular flexibility index (Phi) is 4.52. The van der Waals surface area contributed by atoms with E-state index in [-0.39, 0.29) is 17.7 Å². The summed E-state index contributed by atoms with van der Waals surface area (Å²) in [7, 11) is 1.93. The number of phenols is 1. The van der Waals surface area contributed by atoms with Gasteiger partial charge in [0.2, 0.25) is 0 Å². The summed E-state index contributed by atoms with van der Waals surface area (Å²) in [6.07, 6.45) is 0. The highest BCUT2D eigenvalue weighted by atomic mass is 16.3. The molecule has 26 heavy (non-hydrogen) atoms. The zero-order valence-corrected chi connectivity index (χ0v) is 16.2. The summed E-state index contributed by atoms with van der Waals surface area (Å²) in [4.78, 5) is 13.1. The number of hydrogen-bond acceptors (Lipinski definition) is 3. The topological polar surface area (TPSA) is 72.1 Å². The van der Waals surface area contributed by atoms with Gasteiger partial charge in [-0.3, -0.25) is 9.48 Å². The molecule has 6 heteroatoms. The van der Waals surface area contributed by atoms with Crippen LogP contribution >= 0.6 is 0 Å². The van der Waals surface area contributed by atoms with Crippen LogP contribution in [0.15, 0.2) is 18.2 Å². The predicted molar refractivity (Wildman–Crippen MR) is 103 cm³/mol. The molecule has 0 aliphatic rings. The minimum absolute atomic E-state index is 0.144. The maximum Gasteiger partial charge on any atom is 0.254 e. The van der Waals surface area contributed by atoms with Crippen LogP contribution in [0.3, 0.4) is 0 Å². The predicted octanol–water partition coefficient (Wildman–Crippen LogP) is 3.52. The molecule has 1 amide bonds. The third-order valence-electron chi connectivity index (χ3n) is 5.22. The molecule has 2 N–H and O–H groups in total. The quantitative estimate of drug-likeness (QED) is 0.753. The number of carbonyl (C=O) groups excluding carboxylic acids is 1. The molecule has 1 atom stereocenters. The van der Waals surface area contributed by atoms with Crippen molar-refractivity contribution in [2.24, 2.45) is 7.05 Å². The van der Waals surface area contributed by atoms with E-state index < -0.39 is 0 Å². The Morgan fingerprint density at radius 1 is 1.27 bits per heavy atom. The number of nitrogens with zero attached hydrogens (tertiary/aromatic N) is 3. The average Bonchev–Trinajstić information content (AvgIpc) is 3.00. The number of aromatic hydroxyl groups is 1. The van der Waals surface area contributed by atoms with Gasteiger partial charge in [0, 0.05) is 41.4 Å². The number of aromatic nitrogens is 3. The van der Waals surface area contributed by atoms with Crippen LogP contribution in [-0.4, -0.2) is 25.4 Å². The lowest BCUT2D eigenvalue weighted by molar-refractivity contribution is 0.0940. The van der Waals surface area contributed by atoms with Gasteiger partial charge in [-0.25, -0.2) is 0 Å². The molecule has 0 radical (unpaired) electrons. The van der Waals surface area contributed by atoms with E-state index in [1.165, 1.54) is 0 Å². The summed E-state index contributed by atoms with van der Waals surface area (Å²) in [5.41, 5.74) is 5.45. The molecular weight excluding hydrogens is 328 g/mol. The summed E-state index contributed by atoms with van der Waals surface area (Å²) >= 11 is 0. The van der Waals surface area contributed by atoms with Gasteiger partial charge in [0.05, 0.1) is 17.3 Å². The smallest absolute Gasteiger partial charge is 0.254 e. The van der Waals surface area contributed by atoms with Crippen molar-refractivity contribution < 1.29 is 9.90 Å². The highest BCUT2D eigenvalue weighted by molar-refractivity contribution is 6.08. The number of rotatable bonds is 4. The van der Waals surface area contributed by atoms with Crippen molar-refractivity contribution in [1.82, 2.24) is 19.7 Å². The Morgan fingerprint density at radius 2 is 1.96 bits per heavy atom. The van der Waals surface area contributed by atoms with Crippen LogP contribution < -0.4 is 5.32 Å². The molecule has 0 fully saturated rings. The minimum atomic E-state index is -0.158. The number of benzene rings is 1. The number of aryl methyl sites for hydroxylation is 3. The van der Waals surface area contributed by atoms with E-state index in [1.807, 2.05) is 50.1 Å². The first-order chi connectivity index (χ1) is 12.3. The van der Waals surface area contributed by atoms with Gasteiger partial charge in [-0.15, -0.1) is 0 Å². The van der Waals surface area contributed by atoms with Crippen LogP contribution in [-0.2, 0) is 13.6 Å². The highest BCUT2D eigenvalue weighted by Crippen LogP contribution is 2.29. The first-order valence-electron chi connectivity index (χ1n) is 8.89. The molecular formula is C20H26N4O2. The third-order valence-corrected chi connectivity index (χ3v) is 5.22. The van der Waals surface area contributed by atoms with Crippen molar-refractivity contribution in [1.29, 1.82) is 0 Å². The summed E-state index contributed by atoms with van der Waals surface area (Å²) in [6, 6.07) is 4.96. The molecule has 2 heterocycles. The van der Waals surface area contributed by atoms with Gasteiger partial charge in [0.15, 0.2) is 0 Å². The SMILES string of the molecule is CCn1nc(C)c(C(C)NC(=O)c2c(C)n(C)c3ccc(O)cc23)c1C. The molecule has 1 aromatic carbocycles. The maximum atomic E-state index is 13.1. The average molecular weight is 354 g/mol. The fourth-order valence-corrected chi connectivity index (χ4v) is 3.83. The summed E-state index contributed by atoms with van der Waals surface area (Å²) < 4.78 is 3.93. The van der Waals surface area contributed by atoms with E-state index in [0.717, 1.165) is 40.1 Å². The van der Waals surface area contributed by atoms with Crippen molar-refractivity contribution in [3.8, 4) is 5.75 Å². The monoisotopic (exact) mass is 354 g/mol. The van der Waals surface area contributed by atoms with Gasteiger partial charge < -0.3 is 15.0 Å². The molecule has 0 saturated carbocycles. The van der Waals surface area contributed by atoms with Crippen LogP contribution in [0.4, 0.5) is 0 Å². The highest BCUT2D eigenvalue weighted by Gasteiger charge is 2.23. The van der Waals surface area contributed by atoms with Crippen LogP contribution in [0.5, 0.6) is 5.75 Å². The molecule has 0 bridgehead atoms. The third kappa shape index (κ3) is 2.75. The fourth-order valence-electron chi connectivity index (χ4n) is 3.83. The van der Waals surface area contributed by atoms with Crippen molar-refractivity contribution in [2.45, 2.75) is 47.2 Å². The van der Waals surface area contributed by atoms with Crippen LogP contribution in [0.25, 0.3) is 10.9 Å². The molecule has 3 aromatic rings. The van der Waals surface area contributed by atoms with Crippen molar-refractivity contribution >= 4 is 16.8 Å². The van der Waals surface area contributed by atoms with Crippen molar-refractivity contribution in [3.63, 3.8) is 0 Å². The summed E-state index contributed by atoms with van der Waals surface area (Å²) in [5, 5.41) is 18.3. The van der Waals surface area contributed by atoms with Crippen molar-refractivity contribution in [3.05, 3.63) is 46.4 Å². The van der Waals surface area contributed by atoms with Gasteiger partial charge in [-0.2, -0.15) is 5.10 Å². The van der Waals surface area contributed by atoms with E-state index in [0.29, 0.717) is 5.56 Å². The number of fused-ring (bicyclic) bond motifs is 1. The van der Waals surface area contributed by atoms with Gasteiger partial charge in [0.1, 0.15) is 5.75 Å². The Labute approximate surface area is 153 Å². The lowest BCUT2D eigenvalue weighted by Crippen LogP contribution is -2.28. The molecule has 1 unspecified atom stereocenters. The van der Waals surface area contributed by atoms with E-state index in [9.17, 15) is 9.90 Å². The van der Waals surface area contributed by atoms with E-state index in [2.05, 4.69) is 17.3 Å². The second-order valence-electron chi connectivity index (χ2n) is 6.82.